The van der Waals surface area contributed by atoms with Crippen LogP contribution in [-0.2, 0) is 16.1 Å². The Bertz CT molecular complexity index is 1220. The lowest BCUT2D eigenvalue weighted by atomic mass is 10.1. The number of nitrogens with zero attached hydrogens (tertiary/aromatic N) is 2. The van der Waals surface area contributed by atoms with Crippen LogP contribution in [0.25, 0.3) is 0 Å². The van der Waals surface area contributed by atoms with Gasteiger partial charge in [-0.1, -0.05) is 29.8 Å². The second kappa shape index (κ2) is 10.2. The second-order valence-corrected chi connectivity index (χ2v) is 8.45. The number of amides is 2. The second-order valence-electron chi connectivity index (χ2n) is 7.65. The molecule has 34 heavy (non-hydrogen) atoms. The maximum atomic E-state index is 14.4. The number of methoxy groups -OCH3 is 1. The maximum Gasteiger partial charge on any atom is 0.256 e. The Morgan fingerprint density at radius 1 is 1.09 bits per heavy atom. The molecular formula is C25H21ClFN3O3S. The van der Waals surface area contributed by atoms with Crippen LogP contribution in [0.5, 0.6) is 5.75 Å². The predicted octanol–water partition coefficient (Wildman–Crippen LogP) is 5.02. The molecule has 1 N–H and O–H groups in total. The van der Waals surface area contributed by atoms with Gasteiger partial charge in [-0.05, 0) is 66.8 Å². The molecule has 1 aliphatic heterocycles. The van der Waals surface area contributed by atoms with Crippen LogP contribution < -0.4 is 15.0 Å². The lowest BCUT2D eigenvalue weighted by Gasteiger charge is -2.24. The predicted molar refractivity (Wildman–Crippen MR) is 134 cm³/mol. The SMILES string of the molecule is COc1ccc(NC(=O)C[C@@H]2C(=O)N(c3ccc(Cl)cc3)C(=S)N2Cc2ccccc2F)cc1. The normalized spacial score (nSPS) is 15.6. The molecule has 1 heterocycles. The van der Waals surface area contributed by atoms with Gasteiger partial charge in [-0.2, -0.15) is 0 Å². The van der Waals surface area contributed by atoms with E-state index in [0.29, 0.717) is 27.7 Å². The van der Waals surface area contributed by atoms with Crippen LogP contribution in [0.1, 0.15) is 12.0 Å². The average molecular weight is 498 g/mol. The monoisotopic (exact) mass is 497 g/mol. The highest BCUT2D eigenvalue weighted by Gasteiger charge is 2.44. The standard InChI is InChI=1S/C25H21ClFN3O3S/c1-33-20-12-8-18(9-13-20)28-23(31)14-22-24(32)30(19-10-6-17(26)7-11-19)25(34)29(22)15-16-4-2-3-5-21(16)27/h2-13,22H,14-15H2,1H3,(H,28,31)/t22-/m1/s1. The first-order valence-corrected chi connectivity index (χ1v) is 11.2. The molecular weight excluding hydrogens is 477 g/mol. The van der Waals surface area contributed by atoms with Crippen molar-refractivity contribution in [3.05, 3.63) is 89.2 Å². The Balaban J connectivity index is 1.59. The van der Waals surface area contributed by atoms with Crippen LogP contribution in [0.15, 0.2) is 72.8 Å². The van der Waals surface area contributed by atoms with E-state index in [9.17, 15) is 14.0 Å². The van der Waals surface area contributed by atoms with Crippen LogP contribution in [0, 0.1) is 5.82 Å². The third-order valence-electron chi connectivity index (χ3n) is 5.45. The number of hydrogen-bond donors (Lipinski definition) is 1. The van der Waals surface area contributed by atoms with E-state index in [1.165, 1.54) is 11.0 Å². The number of anilines is 2. The smallest absolute Gasteiger partial charge is 0.256 e. The molecule has 0 radical (unpaired) electrons. The zero-order chi connectivity index (χ0) is 24.2. The van der Waals surface area contributed by atoms with Gasteiger partial charge in [0.2, 0.25) is 5.91 Å². The molecule has 0 unspecified atom stereocenters. The summed E-state index contributed by atoms with van der Waals surface area (Å²) >= 11 is 11.6. The minimum absolute atomic E-state index is 0.0435. The molecule has 3 aromatic carbocycles. The number of benzene rings is 3. The summed E-state index contributed by atoms with van der Waals surface area (Å²) in [6.07, 6.45) is -0.163. The summed E-state index contributed by atoms with van der Waals surface area (Å²) in [5.41, 5.74) is 1.46. The van der Waals surface area contributed by atoms with Crippen molar-refractivity contribution < 1.29 is 18.7 Å². The van der Waals surface area contributed by atoms with E-state index in [1.807, 2.05) is 0 Å². The highest BCUT2D eigenvalue weighted by molar-refractivity contribution is 7.80. The van der Waals surface area contributed by atoms with Gasteiger partial charge in [-0.15, -0.1) is 0 Å². The first-order chi connectivity index (χ1) is 16.4. The lowest BCUT2D eigenvalue weighted by molar-refractivity contribution is -0.124. The van der Waals surface area contributed by atoms with E-state index in [2.05, 4.69) is 5.32 Å². The molecule has 0 aliphatic carbocycles. The number of halogens is 2. The third kappa shape index (κ3) is 5.03. The Morgan fingerprint density at radius 3 is 2.41 bits per heavy atom. The number of nitrogens with one attached hydrogen (secondary N) is 1. The maximum absolute atomic E-state index is 14.4. The first-order valence-electron chi connectivity index (χ1n) is 10.4. The van der Waals surface area contributed by atoms with E-state index in [4.69, 9.17) is 28.6 Å². The van der Waals surface area contributed by atoms with Crippen molar-refractivity contribution in [1.29, 1.82) is 0 Å². The number of carbonyl (C=O) groups is 2. The first kappa shape index (κ1) is 23.7. The molecule has 0 saturated carbocycles. The topological polar surface area (TPSA) is 61.9 Å². The summed E-state index contributed by atoms with van der Waals surface area (Å²) in [6, 6.07) is 18.9. The zero-order valence-corrected chi connectivity index (χ0v) is 19.8. The van der Waals surface area contributed by atoms with Crippen LogP contribution in [0.3, 0.4) is 0 Å². The molecule has 4 rings (SSSR count). The molecule has 0 spiro atoms. The Hall–Kier alpha value is -3.49. The molecule has 1 fully saturated rings. The fourth-order valence-corrected chi connectivity index (χ4v) is 4.23. The van der Waals surface area contributed by atoms with Gasteiger partial charge in [0.25, 0.3) is 5.91 Å². The molecule has 174 valence electrons. The van der Waals surface area contributed by atoms with Gasteiger partial charge in [0.05, 0.1) is 19.2 Å². The van der Waals surface area contributed by atoms with Crippen molar-refractivity contribution in [3.63, 3.8) is 0 Å². The summed E-state index contributed by atoms with van der Waals surface area (Å²) in [4.78, 5) is 29.2. The highest BCUT2D eigenvalue weighted by atomic mass is 35.5. The van der Waals surface area contributed by atoms with Gasteiger partial charge in [0.15, 0.2) is 5.11 Å². The van der Waals surface area contributed by atoms with Crippen LogP contribution >= 0.6 is 23.8 Å². The van der Waals surface area contributed by atoms with E-state index in [0.717, 1.165) is 0 Å². The van der Waals surface area contributed by atoms with Gasteiger partial charge in [0.1, 0.15) is 17.6 Å². The quantitative estimate of drug-likeness (QED) is 0.464. The Morgan fingerprint density at radius 2 is 1.76 bits per heavy atom. The van der Waals surface area contributed by atoms with Crippen molar-refractivity contribution in [2.45, 2.75) is 19.0 Å². The summed E-state index contributed by atoms with van der Waals surface area (Å²) in [6.45, 7) is 0.0435. The fraction of sp³-hybridized carbons (Fsp3) is 0.160. The van der Waals surface area contributed by atoms with Crippen molar-refractivity contribution in [1.82, 2.24) is 4.90 Å². The molecule has 2 amide bonds. The summed E-state index contributed by atoms with van der Waals surface area (Å²) < 4.78 is 19.5. The lowest BCUT2D eigenvalue weighted by Crippen LogP contribution is -2.37. The number of carbonyl (C=O) groups excluding carboxylic acids is 2. The number of rotatable bonds is 7. The van der Waals surface area contributed by atoms with E-state index in [-0.39, 0.29) is 29.9 Å². The van der Waals surface area contributed by atoms with Gasteiger partial charge in [-0.25, -0.2) is 4.39 Å². The van der Waals surface area contributed by atoms with Crippen LogP contribution in [-0.4, -0.2) is 35.0 Å². The molecule has 1 aliphatic rings. The fourth-order valence-electron chi connectivity index (χ4n) is 3.71. The van der Waals surface area contributed by atoms with Gasteiger partial charge in [-0.3, -0.25) is 14.5 Å². The molecule has 1 saturated heterocycles. The van der Waals surface area contributed by atoms with Crippen LogP contribution in [0.4, 0.5) is 15.8 Å². The largest absolute Gasteiger partial charge is 0.497 e. The van der Waals surface area contributed by atoms with Gasteiger partial charge >= 0.3 is 0 Å². The zero-order valence-electron chi connectivity index (χ0n) is 18.2. The van der Waals surface area contributed by atoms with Gasteiger partial charge in [0, 0.05) is 22.8 Å². The summed E-state index contributed by atoms with van der Waals surface area (Å²) in [7, 11) is 1.55. The van der Waals surface area contributed by atoms with E-state index < -0.39 is 11.9 Å². The van der Waals surface area contributed by atoms with Crippen molar-refractivity contribution in [2.75, 3.05) is 17.3 Å². The Kier molecular flexibility index (Phi) is 7.09. The minimum Gasteiger partial charge on any atom is -0.497 e. The highest BCUT2D eigenvalue weighted by Crippen LogP contribution is 2.30. The minimum atomic E-state index is -0.902. The molecule has 1 atom stereocenters. The molecule has 3 aromatic rings. The van der Waals surface area contributed by atoms with Crippen molar-refractivity contribution in [3.8, 4) is 5.75 Å². The van der Waals surface area contributed by atoms with Crippen LogP contribution in [0.2, 0.25) is 5.02 Å². The summed E-state index contributed by atoms with van der Waals surface area (Å²) in [5, 5.41) is 3.49. The number of ether oxygens (including phenoxy) is 1. The van der Waals surface area contributed by atoms with E-state index >= 15 is 0 Å². The molecule has 6 nitrogen and oxygen atoms in total. The molecule has 0 aromatic heterocycles. The average Bonchev–Trinajstić information content (AvgIpc) is 3.05. The number of thiocarbonyl (C=S) groups is 1. The third-order valence-corrected chi connectivity index (χ3v) is 6.12. The van der Waals surface area contributed by atoms with Crippen molar-refractivity contribution in [2.24, 2.45) is 0 Å². The number of hydrogen-bond acceptors (Lipinski definition) is 4. The molecule has 9 heteroatoms. The van der Waals surface area contributed by atoms with Crippen molar-refractivity contribution >= 4 is 52.1 Å². The Labute approximate surface area is 206 Å². The van der Waals surface area contributed by atoms with Gasteiger partial charge < -0.3 is 15.0 Å². The van der Waals surface area contributed by atoms with E-state index in [1.54, 1.807) is 78.7 Å². The summed E-state index contributed by atoms with van der Waals surface area (Å²) in [5.74, 6) is -0.496. The molecule has 0 bridgehead atoms.